The fourth-order valence-electron chi connectivity index (χ4n) is 2.74. The van der Waals surface area contributed by atoms with Gasteiger partial charge in [0.25, 0.3) is 0 Å². The van der Waals surface area contributed by atoms with Gasteiger partial charge in [-0.05, 0) is 38.3 Å². The van der Waals surface area contributed by atoms with Crippen LogP contribution in [0.4, 0.5) is 5.69 Å². The van der Waals surface area contributed by atoms with Gasteiger partial charge >= 0.3 is 0 Å². The summed E-state index contributed by atoms with van der Waals surface area (Å²) in [5.74, 6) is 0. The van der Waals surface area contributed by atoms with E-state index < -0.39 is 0 Å². The summed E-state index contributed by atoms with van der Waals surface area (Å²) in [6, 6.07) is 9.37. The average Bonchev–Trinajstić information content (AvgIpc) is 2.56. The molecule has 14 heavy (non-hydrogen) atoms. The van der Waals surface area contributed by atoms with Crippen LogP contribution in [0.1, 0.15) is 25.8 Å². The summed E-state index contributed by atoms with van der Waals surface area (Å²) < 4.78 is 0. The highest BCUT2D eigenvalue weighted by molar-refractivity contribution is 5.59. The summed E-state index contributed by atoms with van der Waals surface area (Å²) in [5.41, 5.74) is 6.71. The Balaban J connectivity index is 2.00. The molecular formula is C12H16N2. The van der Waals surface area contributed by atoms with E-state index in [2.05, 4.69) is 48.5 Å². The number of fused-ring (bicyclic) bond motifs is 3. The van der Waals surface area contributed by atoms with Gasteiger partial charge < -0.3 is 5.01 Å². The fraction of sp³-hybridized carbons (Fsp3) is 0.500. The number of hydrazine groups is 1. The normalized spacial score (nSPS) is 27.6. The molecule has 2 aliphatic heterocycles. The van der Waals surface area contributed by atoms with Gasteiger partial charge in [-0.15, -0.1) is 0 Å². The van der Waals surface area contributed by atoms with Crippen LogP contribution >= 0.6 is 0 Å². The Morgan fingerprint density at radius 2 is 2.14 bits per heavy atom. The lowest BCUT2D eigenvalue weighted by Crippen LogP contribution is -2.42. The van der Waals surface area contributed by atoms with Crippen molar-refractivity contribution in [1.82, 2.24) is 5.43 Å². The molecule has 0 unspecified atom stereocenters. The number of hydrogen-bond donors (Lipinski definition) is 1. The van der Waals surface area contributed by atoms with E-state index in [-0.39, 0.29) is 5.54 Å². The molecule has 1 fully saturated rings. The molecule has 1 N–H and O–H groups in total. The zero-order valence-corrected chi connectivity index (χ0v) is 8.75. The van der Waals surface area contributed by atoms with Crippen molar-refractivity contribution in [2.75, 3.05) is 5.01 Å². The molecule has 0 aromatic heterocycles. The van der Waals surface area contributed by atoms with Crippen LogP contribution in [0.3, 0.4) is 0 Å². The molecule has 0 bridgehead atoms. The van der Waals surface area contributed by atoms with Gasteiger partial charge in [0.2, 0.25) is 0 Å². The van der Waals surface area contributed by atoms with Gasteiger partial charge in [0.15, 0.2) is 0 Å². The smallest absolute Gasteiger partial charge is 0.0556 e. The quantitative estimate of drug-likeness (QED) is 0.670. The molecule has 1 aromatic rings. The molecule has 2 nitrogen and oxygen atoms in total. The number of nitrogens with one attached hydrogen (secondary N) is 1. The predicted molar refractivity (Wildman–Crippen MR) is 58.2 cm³/mol. The largest absolute Gasteiger partial charge is 0.304 e. The van der Waals surface area contributed by atoms with Crippen molar-refractivity contribution in [2.24, 2.45) is 0 Å². The minimum Gasteiger partial charge on any atom is -0.304 e. The molecule has 0 amide bonds. The number of hydrogen-bond acceptors (Lipinski definition) is 2. The summed E-state index contributed by atoms with van der Waals surface area (Å²) in [6.45, 7) is 4.54. The van der Waals surface area contributed by atoms with Crippen LogP contribution in [0.2, 0.25) is 0 Å². The van der Waals surface area contributed by atoms with Gasteiger partial charge in [-0.25, -0.2) is 5.43 Å². The first-order valence-electron chi connectivity index (χ1n) is 5.31. The first-order chi connectivity index (χ1) is 6.66. The van der Waals surface area contributed by atoms with Crippen LogP contribution in [-0.4, -0.2) is 11.6 Å². The van der Waals surface area contributed by atoms with E-state index >= 15 is 0 Å². The number of benzene rings is 1. The lowest BCUT2D eigenvalue weighted by Gasteiger charge is -2.23. The molecule has 1 atom stereocenters. The molecule has 1 aromatic carbocycles. The maximum atomic E-state index is 3.58. The Bertz CT molecular complexity index is 370. The average molecular weight is 188 g/mol. The first-order valence-corrected chi connectivity index (χ1v) is 5.31. The lowest BCUT2D eigenvalue weighted by molar-refractivity contribution is 0.446. The lowest BCUT2D eigenvalue weighted by atomic mass is 9.96. The second-order valence-corrected chi connectivity index (χ2v) is 5.06. The van der Waals surface area contributed by atoms with E-state index in [9.17, 15) is 0 Å². The third kappa shape index (κ3) is 1.07. The number of rotatable bonds is 0. The van der Waals surface area contributed by atoms with Crippen molar-refractivity contribution in [3.8, 4) is 0 Å². The van der Waals surface area contributed by atoms with Gasteiger partial charge in [-0.1, -0.05) is 18.2 Å². The Labute approximate surface area is 84.9 Å². The zero-order valence-electron chi connectivity index (χ0n) is 8.75. The monoisotopic (exact) mass is 188 g/mol. The SMILES string of the molecule is CC1(C)C[C@@H]2Cc3ccccc3N2N1. The van der Waals surface area contributed by atoms with Crippen molar-refractivity contribution in [2.45, 2.75) is 38.3 Å². The molecular weight excluding hydrogens is 172 g/mol. The Morgan fingerprint density at radius 1 is 1.36 bits per heavy atom. The van der Waals surface area contributed by atoms with Crippen LogP contribution in [0.5, 0.6) is 0 Å². The molecule has 74 valence electrons. The van der Waals surface area contributed by atoms with E-state index in [4.69, 9.17) is 0 Å². The summed E-state index contributed by atoms with van der Waals surface area (Å²) in [6.07, 6.45) is 2.44. The second-order valence-electron chi connectivity index (χ2n) is 5.06. The van der Waals surface area contributed by atoms with E-state index in [0.717, 1.165) is 0 Å². The number of nitrogens with zero attached hydrogens (tertiary/aromatic N) is 1. The van der Waals surface area contributed by atoms with Crippen LogP contribution in [0, 0.1) is 0 Å². The van der Waals surface area contributed by atoms with Crippen molar-refractivity contribution >= 4 is 5.69 Å². The van der Waals surface area contributed by atoms with Crippen LogP contribution in [0.15, 0.2) is 24.3 Å². The van der Waals surface area contributed by atoms with Gasteiger partial charge in [0, 0.05) is 5.54 Å². The van der Waals surface area contributed by atoms with Gasteiger partial charge in [0.05, 0.1) is 11.7 Å². The summed E-state index contributed by atoms with van der Waals surface area (Å²) >= 11 is 0. The summed E-state index contributed by atoms with van der Waals surface area (Å²) in [5, 5.41) is 2.36. The van der Waals surface area contributed by atoms with Crippen LogP contribution in [0.25, 0.3) is 0 Å². The van der Waals surface area contributed by atoms with Crippen molar-refractivity contribution in [3.05, 3.63) is 29.8 Å². The van der Waals surface area contributed by atoms with Crippen LogP contribution in [-0.2, 0) is 6.42 Å². The highest BCUT2D eigenvalue weighted by Crippen LogP contribution is 2.38. The maximum Gasteiger partial charge on any atom is 0.0556 e. The molecule has 1 saturated heterocycles. The van der Waals surface area contributed by atoms with Gasteiger partial charge in [-0.3, -0.25) is 0 Å². The first kappa shape index (κ1) is 8.30. The molecule has 3 rings (SSSR count). The van der Waals surface area contributed by atoms with E-state index in [0.29, 0.717) is 6.04 Å². The Morgan fingerprint density at radius 3 is 3.00 bits per heavy atom. The van der Waals surface area contributed by atoms with E-state index in [1.165, 1.54) is 24.1 Å². The summed E-state index contributed by atoms with van der Waals surface area (Å²) in [7, 11) is 0. The van der Waals surface area contributed by atoms with Gasteiger partial charge in [0.1, 0.15) is 0 Å². The fourth-order valence-corrected chi connectivity index (χ4v) is 2.74. The molecule has 0 aliphatic carbocycles. The molecule has 0 spiro atoms. The van der Waals surface area contributed by atoms with Gasteiger partial charge in [-0.2, -0.15) is 0 Å². The molecule has 0 saturated carbocycles. The van der Waals surface area contributed by atoms with E-state index in [1.807, 2.05) is 0 Å². The topological polar surface area (TPSA) is 15.3 Å². The molecule has 2 heteroatoms. The maximum absolute atomic E-state index is 3.58. The molecule has 2 aliphatic rings. The van der Waals surface area contributed by atoms with Crippen molar-refractivity contribution in [1.29, 1.82) is 0 Å². The number of para-hydroxylation sites is 1. The molecule has 2 heterocycles. The van der Waals surface area contributed by atoms with Crippen molar-refractivity contribution < 1.29 is 0 Å². The van der Waals surface area contributed by atoms with Crippen LogP contribution < -0.4 is 10.4 Å². The number of anilines is 1. The highest BCUT2D eigenvalue weighted by Gasteiger charge is 2.41. The minimum atomic E-state index is 0.262. The third-order valence-electron chi connectivity index (χ3n) is 3.24. The predicted octanol–water partition coefficient (Wildman–Crippen LogP) is 2.10. The minimum absolute atomic E-state index is 0.262. The van der Waals surface area contributed by atoms with E-state index in [1.54, 1.807) is 0 Å². The standard InChI is InChI=1S/C12H16N2/c1-12(2)8-10-7-9-5-3-4-6-11(9)14(10)13-12/h3-6,10,13H,7-8H2,1-2H3/t10-/m0/s1. The summed E-state index contributed by atoms with van der Waals surface area (Å²) in [4.78, 5) is 0. The van der Waals surface area contributed by atoms with Crippen molar-refractivity contribution in [3.63, 3.8) is 0 Å². The molecule has 0 radical (unpaired) electrons. The highest BCUT2D eigenvalue weighted by atomic mass is 15.6. The third-order valence-corrected chi connectivity index (χ3v) is 3.24. The Hall–Kier alpha value is -1.02. The Kier molecular flexibility index (Phi) is 1.49. The second kappa shape index (κ2) is 2.51. The zero-order chi connectivity index (χ0) is 9.76.